The van der Waals surface area contributed by atoms with Gasteiger partial charge < -0.3 is 15.0 Å². The summed E-state index contributed by atoms with van der Waals surface area (Å²) in [5.74, 6) is 0. The molecule has 96 valence electrons. The fraction of sp³-hybridized carbons (Fsp3) is 1.00. The van der Waals surface area contributed by atoms with Crippen molar-refractivity contribution in [2.75, 3.05) is 33.3 Å². The quantitative estimate of drug-likeness (QED) is 0.795. The van der Waals surface area contributed by atoms with Crippen molar-refractivity contribution in [1.29, 1.82) is 0 Å². The van der Waals surface area contributed by atoms with E-state index in [2.05, 4.69) is 31.0 Å². The van der Waals surface area contributed by atoms with Crippen molar-refractivity contribution >= 4 is 0 Å². The molecule has 1 N–H and O–H groups in total. The van der Waals surface area contributed by atoms with Crippen LogP contribution in [-0.4, -0.2) is 49.8 Å². The number of rotatable bonds is 4. The zero-order valence-corrected chi connectivity index (χ0v) is 11.4. The van der Waals surface area contributed by atoms with Crippen LogP contribution >= 0.6 is 0 Å². The maximum Gasteiger partial charge on any atom is 0.0749 e. The van der Waals surface area contributed by atoms with E-state index in [1.807, 2.05) is 0 Å². The second kappa shape index (κ2) is 6.58. The van der Waals surface area contributed by atoms with Gasteiger partial charge in [-0.3, -0.25) is 0 Å². The summed E-state index contributed by atoms with van der Waals surface area (Å²) in [6, 6.07) is 0.702. The first-order chi connectivity index (χ1) is 7.57. The molecule has 0 radical (unpaired) electrons. The van der Waals surface area contributed by atoms with Gasteiger partial charge in [-0.05, 0) is 52.7 Å². The van der Waals surface area contributed by atoms with Crippen LogP contribution in [0.5, 0.6) is 0 Å². The molecule has 3 nitrogen and oxygen atoms in total. The number of hydrogen-bond donors (Lipinski definition) is 1. The Labute approximate surface area is 101 Å². The smallest absolute Gasteiger partial charge is 0.0749 e. The summed E-state index contributed by atoms with van der Waals surface area (Å²) in [6.45, 7) is 11.2. The van der Waals surface area contributed by atoms with Gasteiger partial charge in [0.05, 0.1) is 5.60 Å². The largest absolute Gasteiger partial charge is 0.377 e. The molecule has 0 amide bonds. The molecular weight excluding hydrogens is 200 g/mol. The van der Waals surface area contributed by atoms with Gasteiger partial charge in [-0.1, -0.05) is 6.92 Å². The highest BCUT2D eigenvalue weighted by Gasteiger charge is 2.22. The monoisotopic (exact) mass is 228 g/mol. The molecule has 1 saturated heterocycles. The van der Waals surface area contributed by atoms with Gasteiger partial charge in [-0.25, -0.2) is 0 Å². The average molecular weight is 228 g/mol. The highest BCUT2D eigenvalue weighted by Crippen LogP contribution is 2.13. The lowest BCUT2D eigenvalue weighted by Crippen LogP contribution is -2.45. The predicted molar refractivity (Wildman–Crippen MR) is 68.8 cm³/mol. The zero-order chi connectivity index (χ0) is 12.0. The first-order valence-corrected chi connectivity index (χ1v) is 6.58. The molecule has 0 spiro atoms. The summed E-state index contributed by atoms with van der Waals surface area (Å²) in [4.78, 5) is 2.55. The second-order valence-electron chi connectivity index (χ2n) is 5.44. The molecule has 1 fully saturated rings. The van der Waals surface area contributed by atoms with Gasteiger partial charge in [0.15, 0.2) is 0 Å². The Balaban J connectivity index is 2.41. The van der Waals surface area contributed by atoms with Gasteiger partial charge in [0.2, 0.25) is 0 Å². The van der Waals surface area contributed by atoms with E-state index < -0.39 is 0 Å². The van der Waals surface area contributed by atoms with Crippen molar-refractivity contribution in [3.63, 3.8) is 0 Å². The third-order valence-electron chi connectivity index (χ3n) is 3.53. The Morgan fingerprint density at radius 2 is 2.12 bits per heavy atom. The van der Waals surface area contributed by atoms with Crippen LogP contribution in [0.25, 0.3) is 0 Å². The SMILES string of the molecule is CCC1CCN(CC(C)(C)OC)CCCN1. The lowest BCUT2D eigenvalue weighted by molar-refractivity contribution is -0.00950. The molecule has 0 aromatic rings. The molecule has 0 aliphatic carbocycles. The summed E-state index contributed by atoms with van der Waals surface area (Å²) < 4.78 is 5.51. The zero-order valence-electron chi connectivity index (χ0n) is 11.4. The number of nitrogens with one attached hydrogen (secondary N) is 1. The molecule has 1 aliphatic heterocycles. The Bertz CT molecular complexity index is 194. The second-order valence-corrected chi connectivity index (χ2v) is 5.44. The van der Waals surface area contributed by atoms with Crippen LogP contribution in [0.2, 0.25) is 0 Å². The van der Waals surface area contributed by atoms with E-state index in [1.54, 1.807) is 7.11 Å². The third-order valence-corrected chi connectivity index (χ3v) is 3.53. The van der Waals surface area contributed by atoms with Crippen molar-refractivity contribution in [2.24, 2.45) is 0 Å². The molecule has 1 unspecified atom stereocenters. The lowest BCUT2D eigenvalue weighted by atomic mass is 10.1. The summed E-state index contributed by atoms with van der Waals surface area (Å²) in [5, 5.41) is 3.61. The number of methoxy groups -OCH3 is 1. The highest BCUT2D eigenvalue weighted by molar-refractivity contribution is 4.78. The number of hydrogen-bond acceptors (Lipinski definition) is 3. The molecule has 16 heavy (non-hydrogen) atoms. The van der Waals surface area contributed by atoms with Crippen LogP contribution < -0.4 is 5.32 Å². The van der Waals surface area contributed by atoms with Crippen molar-refractivity contribution in [1.82, 2.24) is 10.2 Å². The van der Waals surface area contributed by atoms with Crippen LogP contribution in [0, 0.1) is 0 Å². The molecule has 0 aromatic heterocycles. The van der Waals surface area contributed by atoms with Gasteiger partial charge >= 0.3 is 0 Å². The molecule has 1 heterocycles. The predicted octanol–water partition coefficient (Wildman–Crippen LogP) is 1.88. The fourth-order valence-corrected chi connectivity index (χ4v) is 2.27. The first-order valence-electron chi connectivity index (χ1n) is 6.58. The van der Waals surface area contributed by atoms with Crippen LogP contribution in [0.15, 0.2) is 0 Å². The van der Waals surface area contributed by atoms with Gasteiger partial charge in [-0.15, -0.1) is 0 Å². The molecule has 0 saturated carbocycles. The number of ether oxygens (including phenoxy) is 1. The first kappa shape index (κ1) is 13.9. The third kappa shape index (κ3) is 4.81. The topological polar surface area (TPSA) is 24.5 Å². The van der Waals surface area contributed by atoms with Crippen LogP contribution in [0.4, 0.5) is 0 Å². The van der Waals surface area contributed by atoms with Gasteiger partial charge in [-0.2, -0.15) is 0 Å². The lowest BCUT2D eigenvalue weighted by Gasteiger charge is -2.34. The molecule has 0 aromatic carbocycles. The summed E-state index contributed by atoms with van der Waals surface area (Å²) in [5.41, 5.74) is -0.0195. The minimum absolute atomic E-state index is 0.0195. The van der Waals surface area contributed by atoms with Crippen molar-refractivity contribution in [3.8, 4) is 0 Å². The molecule has 1 aliphatic rings. The Kier molecular flexibility index (Phi) is 5.73. The van der Waals surface area contributed by atoms with E-state index in [0.29, 0.717) is 6.04 Å². The van der Waals surface area contributed by atoms with Crippen LogP contribution in [0.1, 0.15) is 40.0 Å². The van der Waals surface area contributed by atoms with Gasteiger partial charge in [0.1, 0.15) is 0 Å². The average Bonchev–Trinajstić information content (AvgIpc) is 2.23. The van der Waals surface area contributed by atoms with E-state index in [9.17, 15) is 0 Å². The van der Waals surface area contributed by atoms with E-state index in [0.717, 1.165) is 13.1 Å². The highest BCUT2D eigenvalue weighted by atomic mass is 16.5. The van der Waals surface area contributed by atoms with Gasteiger partial charge in [0.25, 0.3) is 0 Å². The summed E-state index contributed by atoms with van der Waals surface area (Å²) in [6.07, 6.45) is 3.74. The summed E-state index contributed by atoms with van der Waals surface area (Å²) >= 11 is 0. The van der Waals surface area contributed by atoms with E-state index >= 15 is 0 Å². The van der Waals surface area contributed by atoms with E-state index in [1.165, 1.54) is 32.4 Å². The molecule has 1 atom stereocenters. The van der Waals surface area contributed by atoms with Crippen molar-refractivity contribution in [3.05, 3.63) is 0 Å². The standard InChI is InChI=1S/C13H28N2O/c1-5-12-7-10-15(9-6-8-14-12)11-13(2,3)16-4/h12,14H,5-11H2,1-4H3. The minimum Gasteiger partial charge on any atom is -0.377 e. The van der Waals surface area contributed by atoms with Crippen molar-refractivity contribution < 1.29 is 4.74 Å². The maximum absolute atomic E-state index is 5.51. The van der Waals surface area contributed by atoms with Gasteiger partial charge in [0, 0.05) is 19.7 Å². The number of nitrogens with zero attached hydrogens (tertiary/aromatic N) is 1. The van der Waals surface area contributed by atoms with E-state index in [4.69, 9.17) is 4.74 Å². The molecular formula is C13H28N2O. The Morgan fingerprint density at radius 1 is 1.38 bits per heavy atom. The Hall–Kier alpha value is -0.120. The maximum atomic E-state index is 5.51. The Morgan fingerprint density at radius 3 is 2.75 bits per heavy atom. The normalized spacial score (nSPS) is 25.1. The van der Waals surface area contributed by atoms with Crippen molar-refractivity contribution in [2.45, 2.75) is 51.7 Å². The molecule has 3 heteroatoms. The van der Waals surface area contributed by atoms with E-state index in [-0.39, 0.29) is 5.60 Å². The minimum atomic E-state index is -0.0195. The van der Waals surface area contributed by atoms with Crippen LogP contribution in [0.3, 0.4) is 0 Å². The molecule has 1 rings (SSSR count). The molecule has 0 bridgehead atoms. The fourth-order valence-electron chi connectivity index (χ4n) is 2.27. The summed E-state index contributed by atoms with van der Waals surface area (Å²) in [7, 11) is 1.81. The van der Waals surface area contributed by atoms with Crippen LogP contribution in [-0.2, 0) is 4.74 Å².